The normalized spacial score (nSPS) is 22.9. The van der Waals surface area contributed by atoms with Gasteiger partial charge in [-0.15, -0.1) is 0 Å². The van der Waals surface area contributed by atoms with E-state index in [0.29, 0.717) is 28.2 Å². The summed E-state index contributed by atoms with van der Waals surface area (Å²) in [5.41, 5.74) is 7.71. The predicted octanol–water partition coefficient (Wildman–Crippen LogP) is 2.02. The Morgan fingerprint density at radius 2 is 1.87 bits per heavy atom. The van der Waals surface area contributed by atoms with E-state index in [1.807, 2.05) is 0 Å². The minimum Gasteiger partial charge on any atom is -0.398 e. The van der Waals surface area contributed by atoms with Gasteiger partial charge in [-0.1, -0.05) is 0 Å². The maximum absolute atomic E-state index is 12.9. The van der Waals surface area contributed by atoms with Gasteiger partial charge in [-0.25, -0.2) is 17.7 Å². The Morgan fingerprint density at radius 3 is 2.43 bits per heavy atom. The molecule has 0 unspecified atom stereocenters. The van der Waals surface area contributed by atoms with Gasteiger partial charge in [0.05, 0.1) is 17.3 Å². The zero-order valence-electron chi connectivity index (χ0n) is 17.8. The number of hydrogen-bond donors (Lipinski definition) is 2. The van der Waals surface area contributed by atoms with E-state index in [2.05, 4.69) is 15.3 Å². The van der Waals surface area contributed by atoms with Crippen LogP contribution in [-0.2, 0) is 10.0 Å². The average molecular weight is 435 g/mol. The summed E-state index contributed by atoms with van der Waals surface area (Å²) in [6.45, 7) is 1.75. The third kappa shape index (κ3) is 3.78. The van der Waals surface area contributed by atoms with Gasteiger partial charge in [0.1, 0.15) is 0 Å². The number of nitrogen functional groups attached to an aromatic ring is 1. The maximum Gasteiger partial charge on any atom is 0.257 e. The Balaban J connectivity index is 1.56. The molecule has 0 atom stereocenters. The average Bonchev–Trinajstić information content (AvgIpc) is 2.67. The summed E-state index contributed by atoms with van der Waals surface area (Å²) in [6.07, 6.45) is 9.24. The maximum atomic E-state index is 12.9. The molecule has 2 saturated carbocycles. The molecule has 0 bridgehead atoms. The topological polar surface area (TPSA) is 123 Å². The second-order valence-corrected chi connectivity index (χ2v) is 10.7. The van der Waals surface area contributed by atoms with Crippen molar-refractivity contribution >= 4 is 32.7 Å². The Bertz CT molecular complexity index is 1120. The van der Waals surface area contributed by atoms with Gasteiger partial charge < -0.3 is 11.1 Å². The number of anilines is 2. The SMILES string of the molecule is Cc1c(N)c2cnc(N[C@H]3CC[C@H](N(C)S(C)(=O)=O)CC3)nc2n(C2CCC2)c1=O. The molecular formula is C20H30N6O3S. The molecule has 0 radical (unpaired) electrons. The van der Waals surface area contributed by atoms with Crippen LogP contribution in [0.25, 0.3) is 11.0 Å². The van der Waals surface area contributed by atoms with Crippen molar-refractivity contribution in [2.45, 2.75) is 70.0 Å². The molecule has 4 rings (SSSR count). The van der Waals surface area contributed by atoms with Crippen molar-refractivity contribution in [3.8, 4) is 0 Å². The van der Waals surface area contributed by atoms with Gasteiger partial charge in [0.25, 0.3) is 5.56 Å². The van der Waals surface area contributed by atoms with Crippen LogP contribution in [0.5, 0.6) is 0 Å². The van der Waals surface area contributed by atoms with Crippen LogP contribution < -0.4 is 16.6 Å². The van der Waals surface area contributed by atoms with E-state index >= 15 is 0 Å². The zero-order chi connectivity index (χ0) is 21.6. The molecule has 2 aromatic rings. The zero-order valence-corrected chi connectivity index (χ0v) is 18.6. The first-order valence-corrected chi connectivity index (χ1v) is 12.4. The van der Waals surface area contributed by atoms with Crippen molar-refractivity contribution in [3.63, 3.8) is 0 Å². The van der Waals surface area contributed by atoms with Crippen molar-refractivity contribution in [3.05, 3.63) is 22.1 Å². The van der Waals surface area contributed by atoms with Crippen LogP contribution in [0.15, 0.2) is 11.0 Å². The second kappa shape index (κ2) is 7.81. The van der Waals surface area contributed by atoms with Gasteiger partial charge in [0.2, 0.25) is 16.0 Å². The Kier molecular flexibility index (Phi) is 5.48. The van der Waals surface area contributed by atoms with Crippen LogP contribution in [0.4, 0.5) is 11.6 Å². The van der Waals surface area contributed by atoms with E-state index in [0.717, 1.165) is 44.9 Å². The molecule has 9 nitrogen and oxygen atoms in total. The van der Waals surface area contributed by atoms with Gasteiger partial charge in [-0.2, -0.15) is 4.98 Å². The quantitative estimate of drug-likeness (QED) is 0.738. The minimum atomic E-state index is -3.18. The Hall–Kier alpha value is -2.20. The molecule has 164 valence electrons. The number of nitrogens with zero attached hydrogens (tertiary/aromatic N) is 4. The first kappa shape index (κ1) is 21.0. The number of nitrogens with one attached hydrogen (secondary N) is 1. The van der Waals surface area contributed by atoms with Crippen molar-refractivity contribution in [1.82, 2.24) is 18.8 Å². The summed E-state index contributed by atoms with van der Waals surface area (Å²) < 4.78 is 26.8. The molecule has 0 saturated heterocycles. The number of hydrogen-bond acceptors (Lipinski definition) is 7. The molecular weight excluding hydrogens is 404 g/mol. The van der Waals surface area contributed by atoms with Crippen LogP contribution in [0, 0.1) is 6.92 Å². The molecule has 2 aromatic heterocycles. The lowest BCUT2D eigenvalue weighted by Gasteiger charge is -2.33. The Morgan fingerprint density at radius 1 is 1.20 bits per heavy atom. The standard InChI is InChI=1S/C20H30N6O3S/c1-12-17(21)16-11-22-20(24-18(16)26(19(12)27)15-5-4-6-15)23-13-7-9-14(10-8-13)25(2)30(3,28)29/h11,13-15H,4-10,21H2,1-3H3,(H,22,23,24)/t13-,14-. The smallest absolute Gasteiger partial charge is 0.257 e. The molecule has 0 amide bonds. The Labute approximate surface area is 176 Å². The van der Waals surface area contributed by atoms with E-state index in [9.17, 15) is 13.2 Å². The van der Waals surface area contributed by atoms with Crippen molar-refractivity contribution < 1.29 is 8.42 Å². The number of rotatable bonds is 5. The third-order valence-electron chi connectivity index (χ3n) is 6.74. The van der Waals surface area contributed by atoms with Crippen LogP contribution in [0.2, 0.25) is 0 Å². The van der Waals surface area contributed by atoms with Gasteiger partial charge in [0.15, 0.2) is 5.65 Å². The summed E-state index contributed by atoms with van der Waals surface area (Å²) in [4.78, 5) is 22.0. The highest BCUT2D eigenvalue weighted by Crippen LogP contribution is 2.34. The molecule has 30 heavy (non-hydrogen) atoms. The minimum absolute atomic E-state index is 0.0298. The molecule has 2 aliphatic rings. The largest absolute Gasteiger partial charge is 0.398 e. The second-order valence-electron chi connectivity index (χ2n) is 8.66. The third-order valence-corrected chi connectivity index (χ3v) is 8.08. The summed E-state index contributed by atoms with van der Waals surface area (Å²) in [5.74, 6) is 0.484. The summed E-state index contributed by atoms with van der Waals surface area (Å²) >= 11 is 0. The lowest BCUT2D eigenvalue weighted by atomic mass is 9.91. The van der Waals surface area contributed by atoms with E-state index in [1.54, 1.807) is 24.7 Å². The van der Waals surface area contributed by atoms with Gasteiger partial charge in [0, 0.05) is 36.9 Å². The molecule has 2 heterocycles. The van der Waals surface area contributed by atoms with Gasteiger partial charge in [-0.3, -0.25) is 9.36 Å². The van der Waals surface area contributed by atoms with Crippen LogP contribution in [-0.4, -0.2) is 52.6 Å². The molecule has 0 aliphatic heterocycles. The first-order chi connectivity index (χ1) is 14.2. The van der Waals surface area contributed by atoms with Crippen LogP contribution >= 0.6 is 0 Å². The van der Waals surface area contributed by atoms with E-state index < -0.39 is 10.0 Å². The molecule has 0 spiro atoms. The highest BCUT2D eigenvalue weighted by molar-refractivity contribution is 7.88. The number of sulfonamides is 1. The molecule has 10 heteroatoms. The van der Waals surface area contributed by atoms with Crippen molar-refractivity contribution in [1.29, 1.82) is 0 Å². The number of nitrogens with two attached hydrogens (primary N) is 1. The first-order valence-electron chi connectivity index (χ1n) is 10.5. The molecule has 3 N–H and O–H groups in total. The molecule has 0 aromatic carbocycles. The van der Waals surface area contributed by atoms with E-state index in [1.165, 1.54) is 10.6 Å². The fourth-order valence-corrected chi connectivity index (χ4v) is 5.18. The number of pyridine rings is 1. The van der Waals surface area contributed by atoms with Gasteiger partial charge >= 0.3 is 0 Å². The highest BCUT2D eigenvalue weighted by Gasteiger charge is 2.29. The number of fused-ring (bicyclic) bond motifs is 1. The van der Waals surface area contributed by atoms with Gasteiger partial charge in [-0.05, 0) is 51.9 Å². The van der Waals surface area contributed by atoms with E-state index in [-0.39, 0.29) is 23.7 Å². The highest BCUT2D eigenvalue weighted by atomic mass is 32.2. The predicted molar refractivity (Wildman–Crippen MR) is 118 cm³/mol. The monoisotopic (exact) mass is 434 g/mol. The summed E-state index contributed by atoms with van der Waals surface area (Å²) in [7, 11) is -1.54. The summed E-state index contributed by atoms with van der Waals surface area (Å²) in [5, 5.41) is 4.09. The lowest BCUT2D eigenvalue weighted by molar-refractivity contribution is 0.276. The van der Waals surface area contributed by atoms with E-state index in [4.69, 9.17) is 5.73 Å². The molecule has 2 fully saturated rings. The fourth-order valence-electron chi connectivity index (χ4n) is 4.43. The van der Waals surface area contributed by atoms with Crippen molar-refractivity contribution in [2.24, 2.45) is 0 Å². The van der Waals surface area contributed by atoms with Crippen LogP contribution in [0.3, 0.4) is 0 Å². The van der Waals surface area contributed by atoms with Crippen LogP contribution in [0.1, 0.15) is 56.6 Å². The van der Waals surface area contributed by atoms with Crippen molar-refractivity contribution in [2.75, 3.05) is 24.4 Å². The molecule has 2 aliphatic carbocycles. The lowest BCUT2D eigenvalue weighted by Crippen LogP contribution is -2.41. The summed E-state index contributed by atoms with van der Waals surface area (Å²) in [6, 6.07) is 0.365. The fraction of sp³-hybridized carbons (Fsp3) is 0.650. The number of aromatic nitrogens is 3.